The number of carbonyl (C=O) groups is 1. The Hall–Kier alpha value is -2.04. The van der Waals surface area contributed by atoms with Crippen molar-refractivity contribution < 1.29 is 4.79 Å². The Bertz CT molecular complexity index is 595. The van der Waals surface area contributed by atoms with Crippen LogP contribution in [-0.4, -0.2) is 26.6 Å². The molecule has 19 heavy (non-hydrogen) atoms. The van der Waals surface area contributed by atoms with Gasteiger partial charge in [0.05, 0.1) is 6.20 Å². The molecule has 1 aliphatic rings. The summed E-state index contributed by atoms with van der Waals surface area (Å²) in [7, 11) is 0. The first-order chi connectivity index (χ1) is 9.34. The second-order valence-corrected chi connectivity index (χ2v) is 4.90. The summed E-state index contributed by atoms with van der Waals surface area (Å²) in [5.74, 6) is 0.339. The Labute approximate surface area is 111 Å². The van der Waals surface area contributed by atoms with Crippen LogP contribution in [0.15, 0.2) is 36.8 Å². The molecule has 1 N–H and O–H groups in total. The number of nitrogens with one attached hydrogen (secondary N) is 1. The lowest BCUT2D eigenvalue weighted by Gasteiger charge is -2.17. The van der Waals surface area contributed by atoms with E-state index in [1.165, 1.54) is 0 Å². The van der Waals surface area contributed by atoms with Gasteiger partial charge in [-0.15, -0.1) is 0 Å². The highest BCUT2D eigenvalue weighted by atomic mass is 16.1. The minimum Gasteiger partial charge on any atom is -0.354 e. The monoisotopic (exact) mass is 258 g/mol. The fraction of sp³-hybridized carbons (Fsp3) is 0.429. The Kier molecular flexibility index (Phi) is 3.35. The molecule has 0 aromatic carbocycles. The third kappa shape index (κ3) is 2.54. The molecule has 1 aliphatic carbocycles. The number of amides is 1. The van der Waals surface area contributed by atoms with Crippen molar-refractivity contribution >= 4 is 11.6 Å². The van der Waals surface area contributed by atoms with Crippen LogP contribution in [0, 0.1) is 5.92 Å². The Morgan fingerprint density at radius 1 is 1.42 bits per heavy atom. The zero-order valence-corrected chi connectivity index (χ0v) is 10.8. The van der Waals surface area contributed by atoms with Crippen molar-refractivity contribution in [1.82, 2.24) is 19.5 Å². The lowest BCUT2D eigenvalue weighted by molar-refractivity contribution is -0.125. The van der Waals surface area contributed by atoms with E-state index in [4.69, 9.17) is 0 Å². The maximum absolute atomic E-state index is 12.0. The fourth-order valence-corrected chi connectivity index (χ4v) is 2.53. The molecule has 0 spiro atoms. The summed E-state index contributed by atoms with van der Waals surface area (Å²) in [6.45, 7) is 1.44. The van der Waals surface area contributed by atoms with E-state index in [2.05, 4.69) is 27.1 Å². The van der Waals surface area contributed by atoms with Crippen molar-refractivity contribution in [2.75, 3.05) is 6.54 Å². The first-order valence-corrected chi connectivity index (χ1v) is 6.76. The number of nitrogens with zero attached hydrogens (tertiary/aromatic N) is 3. The summed E-state index contributed by atoms with van der Waals surface area (Å²) < 4.78 is 3.92. The van der Waals surface area contributed by atoms with Crippen LogP contribution in [0.25, 0.3) is 5.65 Å². The predicted molar refractivity (Wildman–Crippen MR) is 72.7 cm³/mol. The minimum absolute atomic E-state index is 0.157. The van der Waals surface area contributed by atoms with Crippen LogP contribution in [0.4, 0.5) is 0 Å². The van der Waals surface area contributed by atoms with E-state index in [9.17, 15) is 4.79 Å². The van der Waals surface area contributed by atoms with Gasteiger partial charge in [-0.1, -0.05) is 12.2 Å². The maximum atomic E-state index is 12.0. The second-order valence-electron chi connectivity index (χ2n) is 4.90. The molecule has 1 amide bonds. The molecule has 2 aromatic rings. The van der Waals surface area contributed by atoms with Gasteiger partial charge >= 0.3 is 0 Å². The van der Waals surface area contributed by atoms with Crippen LogP contribution in [-0.2, 0) is 11.3 Å². The van der Waals surface area contributed by atoms with Gasteiger partial charge in [0.2, 0.25) is 5.91 Å². The minimum atomic E-state index is 0.157. The summed E-state index contributed by atoms with van der Waals surface area (Å²) in [5, 5.41) is 7.18. The molecule has 0 saturated heterocycles. The molecule has 2 aromatic heterocycles. The fourth-order valence-electron chi connectivity index (χ4n) is 2.53. The molecule has 0 radical (unpaired) electrons. The zero-order valence-electron chi connectivity index (χ0n) is 10.8. The number of hydrogen-bond acceptors (Lipinski definition) is 2. The average molecular weight is 258 g/mol. The molecular weight excluding hydrogens is 240 g/mol. The van der Waals surface area contributed by atoms with Crippen LogP contribution < -0.4 is 5.32 Å². The Balaban J connectivity index is 1.51. The summed E-state index contributed by atoms with van der Waals surface area (Å²) in [4.78, 5) is 12.0. The van der Waals surface area contributed by atoms with Crippen molar-refractivity contribution in [3.63, 3.8) is 0 Å². The zero-order chi connectivity index (χ0) is 13.1. The molecule has 2 heterocycles. The first-order valence-electron chi connectivity index (χ1n) is 6.76. The van der Waals surface area contributed by atoms with E-state index >= 15 is 0 Å². The highest BCUT2D eigenvalue weighted by molar-refractivity contribution is 5.78. The molecule has 100 valence electrons. The van der Waals surface area contributed by atoms with E-state index in [0.717, 1.165) is 31.5 Å². The number of allylic oxidation sites excluding steroid dienone is 2. The first kappa shape index (κ1) is 12.0. The largest absolute Gasteiger partial charge is 0.354 e. The van der Waals surface area contributed by atoms with E-state index in [-0.39, 0.29) is 11.8 Å². The van der Waals surface area contributed by atoms with Gasteiger partial charge in [0.25, 0.3) is 0 Å². The van der Waals surface area contributed by atoms with Crippen molar-refractivity contribution in [3.8, 4) is 0 Å². The maximum Gasteiger partial charge on any atom is 0.223 e. The smallest absolute Gasteiger partial charge is 0.223 e. The molecular formula is C14H18N4O. The van der Waals surface area contributed by atoms with Crippen LogP contribution in [0.3, 0.4) is 0 Å². The molecule has 5 heteroatoms. The molecule has 0 unspecified atom stereocenters. The topological polar surface area (TPSA) is 51.3 Å². The SMILES string of the molecule is O=C(NCCn1ccn2nccc12)[C@@H]1CC=CCC1. The summed E-state index contributed by atoms with van der Waals surface area (Å²) in [6.07, 6.45) is 12.8. The van der Waals surface area contributed by atoms with Gasteiger partial charge in [0, 0.05) is 37.5 Å². The number of imidazole rings is 1. The van der Waals surface area contributed by atoms with Gasteiger partial charge in [-0.3, -0.25) is 4.79 Å². The van der Waals surface area contributed by atoms with Gasteiger partial charge in [-0.05, 0) is 19.3 Å². The van der Waals surface area contributed by atoms with Gasteiger partial charge in [0.15, 0.2) is 0 Å². The third-order valence-electron chi connectivity index (χ3n) is 3.62. The summed E-state index contributed by atoms with van der Waals surface area (Å²) >= 11 is 0. The molecule has 0 aliphatic heterocycles. The Morgan fingerprint density at radius 3 is 3.21 bits per heavy atom. The van der Waals surface area contributed by atoms with Crippen molar-refractivity contribution in [1.29, 1.82) is 0 Å². The van der Waals surface area contributed by atoms with Crippen molar-refractivity contribution in [3.05, 3.63) is 36.8 Å². The van der Waals surface area contributed by atoms with Crippen LogP contribution >= 0.6 is 0 Å². The number of fused-ring (bicyclic) bond motifs is 1. The number of aromatic nitrogens is 3. The predicted octanol–water partition coefficient (Wildman–Crippen LogP) is 1.61. The number of rotatable bonds is 4. The lowest BCUT2D eigenvalue weighted by atomic mass is 9.94. The van der Waals surface area contributed by atoms with E-state index in [1.807, 2.05) is 23.0 Å². The van der Waals surface area contributed by atoms with Crippen LogP contribution in [0.2, 0.25) is 0 Å². The van der Waals surface area contributed by atoms with Crippen molar-refractivity contribution in [2.45, 2.75) is 25.8 Å². The summed E-state index contributed by atoms with van der Waals surface area (Å²) in [5.41, 5.74) is 1.05. The molecule has 1 atom stereocenters. The van der Waals surface area contributed by atoms with Gasteiger partial charge < -0.3 is 9.88 Å². The van der Waals surface area contributed by atoms with Gasteiger partial charge in [0.1, 0.15) is 5.65 Å². The van der Waals surface area contributed by atoms with Crippen LogP contribution in [0.1, 0.15) is 19.3 Å². The normalized spacial score (nSPS) is 18.8. The van der Waals surface area contributed by atoms with Gasteiger partial charge in [-0.2, -0.15) is 5.10 Å². The molecule has 0 bridgehead atoms. The van der Waals surface area contributed by atoms with E-state index in [0.29, 0.717) is 6.54 Å². The molecule has 5 nitrogen and oxygen atoms in total. The number of hydrogen-bond donors (Lipinski definition) is 1. The Morgan fingerprint density at radius 2 is 2.37 bits per heavy atom. The number of carbonyl (C=O) groups excluding carboxylic acids is 1. The molecule has 3 rings (SSSR count). The summed E-state index contributed by atoms with van der Waals surface area (Å²) in [6, 6.07) is 1.97. The van der Waals surface area contributed by atoms with Gasteiger partial charge in [-0.25, -0.2) is 4.52 Å². The van der Waals surface area contributed by atoms with Crippen LogP contribution in [0.5, 0.6) is 0 Å². The highest BCUT2D eigenvalue weighted by Gasteiger charge is 2.17. The second kappa shape index (κ2) is 5.30. The third-order valence-corrected chi connectivity index (χ3v) is 3.62. The van der Waals surface area contributed by atoms with E-state index < -0.39 is 0 Å². The molecule has 0 fully saturated rings. The van der Waals surface area contributed by atoms with E-state index in [1.54, 1.807) is 6.20 Å². The molecule has 0 saturated carbocycles. The lowest BCUT2D eigenvalue weighted by Crippen LogP contribution is -2.33. The quantitative estimate of drug-likeness (QED) is 0.847. The van der Waals surface area contributed by atoms with Crippen molar-refractivity contribution in [2.24, 2.45) is 5.92 Å². The highest BCUT2D eigenvalue weighted by Crippen LogP contribution is 2.17. The standard InChI is InChI=1S/C14H18N4O/c19-14(12-4-2-1-3-5-12)15-8-9-17-10-11-18-13(17)6-7-16-18/h1-2,6-7,10-12H,3-5,8-9H2,(H,15,19)/t12-/m1/s1. The average Bonchev–Trinajstić information content (AvgIpc) is 3.04.